The third-order valence-corrected chi connectivity index (χ3v) is 3.46. The van der Waals surface area contributed by atoms with E-state index >= 15 is 0 Å². The van der Waals surface area contributed by atoms with Crippen molar-refractivity contribution in [2.75, 3.05) is 19.0 Å². The molecule has 0 radical (unpaired) electrons. The fraction of sp³-hybridized carbons (Fsp3) is 0.333. The molecule has 0 aliphatic rings. The van der Waals surface area contributed by atoms with E-state index in [-0.39, 0.29) is 0 Å². The quantitative estimate of drug-likeness (QED) is 0.881. The van der Waals surface area contributed by atoms with Crippen LogP contribution in [0.25, 0.3) is 10.8 Å². The van der Waals surface area contributed by atoms with Gasteiger partial charge in [-0.05, 0) is 48.4 Å². The summed E-state index contributed by atoms with van der Waals surface area (Å²) in [5.74, 6) is 0. The largest absolute Gasteiger partial charge is 0.385 e. The molecule has 3 heteroatoms. The molecule has 0 spiro atoms. The number of fused-ring (bicyclic) bond motifs is 1. The maximum Gasteiger partial charge on any atom is 0.0481 e. The second-order valence-electron chi connectivity index (χ2n) is 4.53. The highest BCUT2D eigenvalue weighted by Crippen LogP contribution is 2.23. The summed E-state index contributed by atoms with van der Waals surface area (Å²) in [6.07, 6.45) is 1.01. The number of rotatable bonds is 5. The Bertz CT molecular complexity index is 527. The van der Waals surface area contributed by atoms with Gasteiger partial charge in [-0.1, -0.05) is 28.1 Å². The molecule has 0 heterocycles. The van der Waals surface area contributed by atoms with Crippen molar-refractivity contribution in [2.24, 2.45) is 0 Å². The van der Waals surface area contributed by atoms with Crippen molar-refractivity contribution in [3.63, 3.8) is 0 Å². The lowest BCUT2D eigenvalue weighted by Gasteiger charge is -2.15. The van der Waals surface area contributed by atoms with Crippen LogP contribution in [0.15, 0.2) is 40.9 Å². The van der Waals surface area contributed by atoms with E-state index in [1.54, 1.807) is 7.11 Å². The summed E-state index contributed by atoms with van der Waals surface area (Å²) in [6, 6.07) is 13.2. The van der Waals surface area contributed by atoms with Crippen molar-refractivity contribution >= 4 is 32.4 Å². The Balaban J connectivity index is 2.12. The number of nitrogens with one attached hydrogen (secondary N) is 1. The zero-order valence-electron chi connectivity index (χ0n) is 10.7. The second kappa shape index (κ2) is 6.21. The van der Waals surface area contributed by atoms with E-state index < -0.39 is 0 Å². The van der Waals surface area contributed by atoms with E-state index in [2.05, 4.69) is 64.6 Å². The summed E-state index contributed by atoms with van der Waals surface area (Å²) in [5, 5.41) is 5.99. The molecule has 0 saturated carbocycles. The molecular formula is C15H18BrNO. The third kappa shape index (κ3) is 3.47. The van der Waals surface area contributed by atoms with Crippen LogP contribution >= 0.6 is 15.9 Å². The molecule has 0 saturated heterocycles. The lowest BCUT2D eigenvalue weighted by molar-refractivity contribution is 0.191. The van der Waals surface area contributed by atoms with Gasteiger partial charge in [-0.15, -0.1) is 0 Å². The molecular weight excluding hydrogens is 290 g/mol. The predicted octanol–water partition coefficient (Wildman–Crippen LogP) is 4.44. The smallest absolute Gasteiger partial charge is 0.0481 e. The van der Waals surface area contributed by atoms with E-state index in [0.29, 0.717) is 6.04 Å². The predicted molar refractivity (Wildman–Crippen MR) is 81.2 cm³/mol. The Morgan fingerprint density at radius 3 is 2.67 bits per heavy atom. The number of anilines is 1. The molecule has 1 unspecified atom stereocenters. The Hall–Kier alpha value is -1.06. The molecule has 2 aromatic rings. The SMILES string of the molecule is COCCC(C)Nc1ccc2cc(Br)ccc2c1. The van der Waals surface area contributed by atoms with Crippen LogP contribution in [0.2, 0.25) is 0 Å². The highest BCUT2D eigenvalue weighted by molar-refractivity contribution is 9.10. The average molecular weight is 308 g/mol. The van der Waals surface area contributed by atoms with Crippen molar-refractivity contribution in [1.82, 2.24) is 0 Å². The van der Waals surface area contributed by atoms with Gasteiger partial charge in [0.05, 0.1) is 0 Å². The van der Waals surface area contributed by atoms with Crippen molar-refractivity contribution in [3.05, 3.63) is 40.9 Å². The van der Waals surface area contributed by atoms with Crippen molar-refractivity contribution in [2.45, 2.75) is 19.4 Å². The molecule has 0 aliphatic carbocycles. The lowest BCUT2D eigenvalue weighted by atomic mass is 10.1. The number of methoxy groups -OCH3 is 1. The molecule has 0 bridgehead atoms. The van der Waals surface area contributed by atoms with Gasteiger partial charge in [0.15, 0.2) is 0 Å². The van der Waals surface area contributed by atoms with Crippen LogP contribution in [0.4, 0.5) is 5.69 Å². The first-order chi connectivity index (χ1) is 8.69. The summed E-state index contributed by atoms with van der Waals surface area (Å²) in [6.45, 7) is 2.96. The van der Waals surface area contributed by atoms with Crippen LogP contribution in [0.5, 0.6) is 0 Å². The van der Waals surface area contributed by atoms with Gasteiger partial charge in [-0.2, -0.15) is 0 Å². The topological polar surface area (TPSA) is 21.3 Å². The van der Waals surface area contributed by atoms with Crippen LogP contribution in [0, 0.1) is 0 Å². The van der Waals surface area contributed by atoms with Gasteiger partial charge in [-0.3, -0.25) is 0 Å². The number of ether oxygens (including phenoxy) is 1. The molecule has 0 aromatic heterocycles. The number of hydrogen-bond acceptors (Lipinski definition) is 2. The third-order valence-electron chi connectivity index (χ3n) is 2.97. The van der Waals surface area contributed by atoms with E-state index in [1.165, 1.54) is 10.8 Å². The lowest BCUT2D eigenvalue weighted by Crippen LogP contribution is -2.16. The van der Waals surface area contributed by atoms with E-state index in [9.17, 15) is 0 Å². The van der Waals surface area contributed by atoms with Crippen LogP contribution in [-0.2, 0) is 4.74 Å². The zero-order valence-corrected chi connectivity index (χ0v) is 12.3. The van der Waals surface area contributed by atoms with Crippen LogP contribution in [-0.4, -0.2) is 19.8 Å². The first kappa shape index (κ1) is 13.4. The van der Waals surface area contributed by atoms with Crippen LogP contribution < -0.4 is 5.32 Å². The minimum atomic E-state index is 0.415. The fourth-order valence-electron chi connectivity index (χ4n) is 1.96. The maximum absolute atomic E-state index is 5.09. The molecule has 0 aliphatic heterocycles. The van der Waals surface area contributed by atoms with Gasteiger partial charge in [0, 0.05) is 29.9 Å². The Morgan fingerprint density at radius 2 is 1.89 bits per heavy atom. The number of halogens is 1. The Labute approximate surface area is 116 Å². The van der Waals surface area contributed by atoms with Gasteiger partial charge in [-0.25, -0.2) is 0 Å². The molecule has 2 nitrogen and oxygen atoms in total. The summed E-state index contributed by atoms with van der Waals surface area (Å²) in [4.78, 5) is 0. The van der Waals surface area contributed by atoms with Crippen molar-refractivity contribution in [3.8, 4) is 0 Å². The zero-order chi connectivity index (χ0) is 13.0. The second-order valence-corrected chi connectivity index (χ2v) is 5.45. The molecule has 18 heavy (non-hydrogen) atoms. The first-order valence-corrected chi connectivity index (χ1v) is 6.93. The highest BCUT2D eigenvalue weighted by atomic mass is 79.9. The molecule has 2 rings (SSSR count). The average Bonchev–Trinajstić information content (AvgIpc) is 2.36. The summed E-state index contributed by atoms with van der Waals surface area (Å²) >= 11 is 3.49. The van der Waals surface area contributed by atoms with E-state index in [1.807, 2.05) is 0 Å². The molecule has 1 atom stereocenters. The number of benzene rings is 2. The van der Waals surface area contributed by atoms with Gasteiger partial charge >= 0.3 is 0 Å². The summed E-state index contributed by atoms with van der Waals surface area (Å²) < 4.78 is 6.20. The number of hydrogen-bond donors (Lipinski definition) is 1. The summed E-state index contributed by atoms with van der Waals surface area (Å²) in [7, 11) is 1.74. The standard InChI is InChI=1S/C15H18BrNO/c1-11(7-8-18-2)17-15-6-4-12-9-14(16)5-3-13(12)10-15/h3-6,9-11,17H,7-8H2,1-2H3. The molecule has 2 aromatic carbocycles. The van der Waals surface area contributed by atoms with Gasteiger partial charge in [0.1, 0.15) is 0 Å². The Kier molecular flexibility index (Phi) is 4.61. The molecule has 0 amide bonds. The molecule has 1 N–H and O–H groups in total. The normalized spacial score (nSPS) is 12.6. The van der Waals surface area contributed by atoms with Gasteiger partial charge in [0.2, 0.25) is 0 Å². The summed E-state index contributed by atoms with van der Waals surface area (Å²) in [5.41, 5.74) is 1.16. The van der Waals surface area contributed by atoms with Crippen LogP contribution in [0.3, 0.4) is 0 Å². The van der Waals surface area contributed by atoms with Gasteiger partial charge in [0.25, 0.3) is 0 Å². The maximum atomic E-state index is 5.09. The van der Waals surface area contributed by atoms with Crippen molar-refractivity contribution in [1.29, 1.82) is 0 Å². The van der Waals surface area contributed by atoms with E-state index in [0.717, 1.165) is 23.2 Å². The Morgan fingerprint density at radius 1 is 1.17 bits per heavy atom. The highest BCUT2D eigenvalue weighted by Gasteiger charge is 2.02. The fourth-order valence-corrected chi connectivity index (χ4v) is 2.34. The van der Waals surface area contributed by atoms with Gasteiger partial charge < -0.3 is 10.1 Å². The monoisotopic (exact) mass is 307 g/mol. The van der Waals surface area contributed by atoms with E-state index in [4.69, 9.17) is 4.74 Å². The van der Waals surface area contributed by atoms with Crippen molar-refractivity contribution < 1.29 is 4.74 Å². The molecule has 0 fully saturated rings. The minimum absolute atomic E-state index is 0.415. The first-order valence-electron chi connectivity index (χ1n) is 6.14. The van der Waals surface area contributed by atoms with Crippen LogP contribution in [0.1, 0.15) is 13.3 Å². The molecule has 96 valence electrons. The minimum Gasteiger partial charge on any atom is -0.385 e.